The summed E-state index contributed by atoms with van der Waals surface area (Å²) in [7, 11) is 1.91. The van der Waals surface area contributed by atoms with Gasteiger partial charge in [-0.2, -0.15) is 0 Å². The van der Waals surface area contributed by atoms with Gasteiger partial charge in [-0.3, -0.25) is 0 Å². The molecule has 0 amide bonds. The summed E-state index contributed by atoms with van der Waals surface area (Å²) in [5.41, 5.74) is 0.493. The van der Waals surface area contributed by atoms with Crippen molar-refractivity contribution >= 4 is 5.82 Å². The van der Waals surface area contributed by atoms with Crippen LogP contribution >= 0.6 is 0 Å². The van der Waals surface area contributed by atoms with Gasteiger partial charge in [-0.05, 0) is 13.5 Å². The van der Waals surface area contributed by atoms with Gasteiger partial charge in [0.1, 0.15) is 6.33 Å². The fourth-order valence-corrected chi connectivity index (χ4v) is 1.70. The Bertz CT molecular complexity index is 349. The minimum atomic E-state index is -0.269. The number of aryl methyl sites for hydroxylation is 1. The molecule has 0 atom stereocenters. The highest BCUT2D eigenvalue weighted by Crippen LogP contribution is 2.22. The van der Waals surface area contributed by atoms with Gasteiger partial charge < -0.3 is 10.2 Å². The summed E-state index contributed by atoms with van der Waals surface area (Å²) in [4.78, 5) is 9.83. The summed E-state index contributed by atoms with van der Waals surface area (Å²) < 4.78 is 13.8. The van der Waals surface area contributed by atoms with Crippen LogP contribution in [0.3, 0.4) is 0 Å². The number of likely N-dealkylation sites (N-methyl/N-ethyl adjacent to an activating group) is 1. The molecular weight excluding hydrogens is 195 g/mol. The number of nitrogens with zero attached hydrogens (tertiary/aromatic N) is 3. The highest BCUT2D eigenvalue weighted by Gasteiger charge is 2.29. The molecule has 1 aromatic rings. The number of halogens is 1. The van der Waals surface area contributed by atoms with E-state index in [0.29, 0.717) is 24.0 Å². The largest absolute Gasteiger partial charge is 0.351 e. The summed E-state index contributed by atoms with van der Waals surface area (Å²) in [6.45, 7) is 3.52. The van der Waals surface area contributed by atoms with Gasteiger partial charge in [-0.15, -0.1) is 0 Å². The first-order valence-corrected chi connectivity index (χ1v) is 5.17. The summed E-state index contributed by atoms with van der Waals surface area (Å²) in [6.07, 6.45) is 2.04. The minimum absolute atomic E-state index is 0.269. The maximum absolute atomic E-state index is 13.8. The Kier molecular flexibility index (Phi) is 2.81. The van der Waals surface area contributed by atoms with E-state index in [1.807, 2.05) is 18.9 Å². The lowest BCUT2D eigenvalue weighted by Gasteiger charge is -2.39. The third kappa shape index (κ3) is 1.79. The van der Waals surface area contributed by atoms with Gasteiger partial charge in [0.25, 0.3) is 0 Å². The first kappa shape index (κ1) is 10.3. The van der Waals surface area contributed by atoms with Crippen molar-refractivity contribution in [2.45, 2.75) is 19.4 Å². The molecule has 0 bridgehead atoms. The Morgan fingerprint density at radius 2 is 2.27 bits per heavy atom. The Balaban J connectivity index is 2.16. The monoisotopic (exact) mass is 210 g/mol. The molecule has 4 nitrogen and oxygen atoms in total. The average molecular weight is 210 g/mol. The van der Waals surface area contributed by atoms with Crippen LogP contribution in [0.25, 0.3) is 0 Å². The minimum Gasteiger partial charge on any atom is -0.351 e. The number of rotatable bonds is 3. The van der Waals surface area contributed by atoms with Crippen LogP contribution in [0.2, 0.25) is 0 Å². The van der Waals surface area contributed by atoms with Gasteiger partial charge in [0.15, 0.2) is 11.6 Å². The predicted octanol–water partition coefficient (Wildman–Crippen LogP) is 0.586. The third-order valence-corrected chi connectivity index (χ3v) is 2.77. The fraction of sp³-hybridized carbons (Fsp3) is 0.600. The highest BCUT2D eigenvalue weighted by molar-refractivity contribution is 5.44. The topological polar surface area (TPSA) is 41.1 Å². The van der Waals surface area contributed by atoms with Crippen molar-refractivity contribution < 1.29 is 4.39 Å². The number of hydrogen-bond donors (Lipinski definition) is 1. The van der Waals surface area contributed by atoms with Crippen LogP contribution in [0.4, 0.5) is 10.2 Å². The van der Waals surface area contributed by atoms with Crippen LogP contribution in [-0.4, -0.2) is 36.1 Å². The maximum Gasteiger partial charge on any atom is 0.187 e. The quantitative estimate of drug-likeness (QED) is 0.792. The molecule has 82 valence electrons. The van der Waals surface area contributed by atoms with Crippen molar-refractivity contribution in [3.8, 4) is 0 Å². The van der Waals surface area contributed by atoms with Crippen molar-refractivity contribution in [1.82, 2.24) is 15.3 Å². The second-order valence-corrected chi connectivity index (χ2v) is 3.70. The maximum atomic E-state index is 13.8. The van der Waals surface area contributed by atoms with Gasteiger partial charge in [0.05, 0.1) is 5.69 Å². The van der Waals surface area contributed by atoms with E-state index in [4.69, 9.17) is 0 Å². The molecule has 5 heteroatoms. The van der Waals surface area contributed by atoms with E-state index >= 15 is 0 Å². The van der Waals surface area contributed by atoms with E-state index in [9.17, 15) is 4.39 Å². The van der Waals surface area contributed by atoms with E-state index in [1.165, 1.54) is 6.33 Å². The Hall–Kier alpha value is -1.23. The van der Waals surface area contributed by atoms with Crippen molar-refractivity contribution in [2.75, 3.05) is 25.0 Å². The Morgan fingerprint density at radius 1 is 1.53 bits per heavy atom. The van der Waals surface area contributed by atoms with Gasteiger partial charge in [0, 0.05) is 19.1 Å². The molecule has 1 aromatic heterocycles. The van der Waals surface area contributed by atoms with E-state index < -0.39 is 0 Å². The van der Waals surface area contributed by atoms with E-state index in [2.05, 4.69) is 15.3 Å². The van der Waals surface area contributed by atoms with Crippen molar-refractivity contribution in [3.05, 3.63) is 17.8 Å². The van der Waals surface area contributed by atoms with Crippen LogP contribution < -0.4 is 10.2 Å². The van der Waals surface area contributed by atoms with Gasteiger partial charge in [-0.1, -0.05) is 6.92 Å². The normalized spacial score (nSPS) is 16.6. The molecule has 15 heavy (non-hydrogen) atoms. The lowest BCUT2D eigenvalue weighted by atomic mass is 10.1. The van der Waals surface area contributed by atoms with Gasteiger partial charge in [0.2, 0.25) is 0 Å². The Morgan fingerprint density at radius 3 is 2.87 bits per heavy atom. The lowest BCUT2D eigenvalue weighted by molar-refractivity contribution is 0.437. The summed E-state index contributed by atoms with van der Waals surface area (Å²) in [5, 5.41) is 3.14. The van der Waals surface area contributed by atoms with Gasteiger partial charge >= 0.3 is 0 Å². The zero-order chi connectivity index (χ0) is 10.8. The van der Waals surface area contributed by atoms with Crippen LogP contribution in [0.15, 0.2) is 6.33 Å². The van der Waals surface area contributed by atoms with E-state index in [0.717, 1.165) is 13.1 Å². The second kappa shape index (κ2) is 4.10. The summed E-state index contributed by atoms with van der Waals surface area (Å²) in [6, 6.07) is 0.449. The highest BCUT2D eigenvalue weighted by atomic mass is 19.1. The molecule has 1 aliphatic rings. The molecule has 0 radical (unpaired) electrons. The molecule has 0 saturated carbocycles. The predicted molar refractivity (Wildman–Crippen MR) is 56.4 cm³/mol. The SMILES string of the molecule is CCc1ncnc(N2CC(NC)C2)c1F. The van der Waals surface area contributed by atoms with Crippen LogP contribution in [0.5, 0.6) is 0 Å². The third-order valence-electron chi connectivity index (χ3n) is 2.77. The number of hydrogen-bond acceptors (Lipinski definition) is 4. The molecular formula is C10H15FN4. The first-order chi connectivity index (χ1) is 7.26. The standard InChI is InChI=1S/C10H15FN4/c1-3-8-9(11)10(14-6-13-8)15-4-7(5-15)12-2/h6-7,12H,3-5H2,1-2H3. The molecule has 1 fully saturated rings. The van der Waals surface area contributed by atoms with Gasteiger partial charge in [-0.25, -0.2) is 14.4 Å². The van der Waals surface area contributed by atoms with Crippen LogP contribution in [0, 0.1) is 5.82 Å². The smallest absolute Gasteiger partial charge is 0.187 e. The van der Waals surface area contributed by atoms with E-state index in [-0.39, 0.29) is 5.82 Å². The average Bonchev–Trinajstić information content (AvgIpc) is 2.19. The summed E-state index contributed by atoms with van der Waals surface area (Å²) >= 11 is 0. The van der Waals surface area contributed by atoms with Crippen molar-refractivity contribution in [2.24, 2.45) is 0 Å². The van der Waals surface area contributed by atoms with E-state index in [1.54, 1.807) is 0 Å². The molecule has 0 unspecified atom stereocenters. The second-order valence-electron chi connectivity index (χ2n) is 3.70. The summed E-state index contributed by atoms with van der Waals surface area (Å²) in [5.74, 6) is 0.169. The molecule has 1 N–H and O–H groups in total. The zero-order valence-electron chi connectivity index (χ0n) is 9.00. The van der Waals surface area contributed by atoms with Crippen LogP contribution in [-0.2, 0) is 6.42 Å². The van der Waals surface area contributed by atoms with Crippen molar-refractivity contribution in [3.63, 3.8) is 0 Å². The first-order valence-electron chi connectivity index (χ1n) is 5.17. The molecule has 0 spiro atoms. The molecule has 1 saturated heterocycles. The zero-order valence-corrected chi connectivity index (χ0v) is 9.00. The number of anilines is 1. The molecule has 2 rings (SSSR count). The number of nitrogens with one attached hydrogen (secondary N) is 1. The molecule has 0 aliphatic carbocycles. The fourth-order valence-electron chi connectivity index (χ4n) is 1.70. The van der Waals surface area contributed by atoms with Crippen molar-refractivity contribution in [1.29, 1.82) is 0 Å². The molecule has 0 aromatic carbocycles. The Labute approximate surface area is 88.5 Å². The lowest BCUT2D eigenvalue weighted by Crippen LogP contribution is -2.57. The van der Waals surface area contributed by atoms with Crippen LogP contribution in [0.1, 0.15) is 12.6 Å². The number of aromatic nitrogens is 2. The molecule has 2 heterocycles. The molecule has 1 aliphatic heterocycles.